The second kappa shape index (κ2) is 5.11. The molecule has 0 amide bonds. The van der Waals surface area contributed by atoms with Gasteiger partial charge in [0, 0.05) is 19.4 Å². The first-order chi connectivity index (χ1) is 8.61. The van der Waals surface area contributed by atoms with Crippen molar-refractivity contribution >= 4 is 17.3 Å². The molecule has 1 unspecified atom stereocenters. The lowest BCUT2D eigenvalue weighted by Crippen LogP contribution is -2.12. The van der Waals surface area contributed by atoms with Crippen LogP contribution in [0.5, 0.6) is 0 Å². The summed E-state index contributed by atoms with van der Waals surface area (Å²) in [6.07, 6.45) is 3.64. The van der Waals surface area contributed by atoms with Crippen LogP contribution in [0.3, 0.4) is 0 Å². The Morgan fingerprint density at radius 1 is 1.50 bits per heavy atom. The number of halogens is 1. The van der Waals surface area contributed by atoms with Crippen LogP contribution in [0, 0.1) is 11.3 Å². The van der Waals surface area contributed by atoms with Gasteiger partial charge in [0.25, 0.3) is 0 Å². The van der Waals surface area contributed by atoms with Gasteiger partial charge in [0.1, 0.15) is 5.82 Å². The van der Waals surface area contributed by atoms with E-state index in [1.165, 1.54) is 0 Å². The van der Waals surface area contributed by atoms with Crippen molar-refractivity contribution in [2.75, 3.05) is 5.32 Å². The molecule has 2 rings (SSSR count). The van der Waals surface area contributed by atoms with E-state index in [9.17, 15) is 0 Å². The van der Waals surface area contributed by atoms with E-state index < -0.39 is 0 Å². The summed E-state index contributed by atoms with van der Waals surface area (Å²) in [7, 11) is 1.94. The lowest BCUT2D eigenvalue weighted by Gasteiger charge is -2.16. The number of hydrogen-bond donors (Lipinski definition) is 1. The Morgan fingerprint density at radius 2 is 2.28 bits per heavy atom. The number of nitrogens with zero attached hydrogens (tertiary/aromatic N) is 3. The molecule has 0 bridgehead atoms. The van der Waals surface area contributed by atoms with Crippen molar-refractivity contribution in [3.63, 3.8) is 0 Å². The molecule has 18 heavy (non-hydrogen) atoms. The molecule has 2 aromatic rings. The van der Waals surface area contributed by atoms with Crippen molar-refractivity contribution in [2.24, 2.45) is 7.05 Å². The van der Waals surface area contributed by atoms with E-state index in [-0.39, 0.29) is 6.04 Å². The minimum Gasteiger partial charge on any atom is -0.374 e. The van der Waals surface area contributed by atoms with Crippen molar-refractivity contribution in [2.45, 2.75) is 13.0 Å². The number of nitriles is 1. The van der Waals surface area contributed by atoms with Crippen molar-refractivity contribution in [1.82, 2.24) is 9.55 Å². The van der Waals surface area contributed by atoms with Gasteiger partial charge in [0.05, 0.1) is 28.4 Å². The molecule has 0 saturated heterocycles. The molecule has 5 heteroatoms. The van der Waals surface area contributed by atoms with Gasteiger partial charge in [-0.25, -0.2) is 4.98 Å². The van der Waals surface area contributed by atoms with Gasteiger partial charge >= 0.3 is 0 Å². The summed E-state index contributed by atoms with van der Waals surface area (Å²) in [5, 5.41) is 12.7. The number of aromatic nitrogens is 2. The first-order valence-corrected chi connectivity index (χ1v) is 5.93. The van der Waals surface area contributed by atoms with Crippen LogP contribution in [-0.4, -0.2) is 9.55 Å². The van der Waals surface area contributed by atoms with Crippen LogP contribution in [0.1, 0.15) is 24.4 Å². The van der Waals surface area contributed by atoms with E-state index in [0.717, 1.165) is 11.5 Å². The summed E-state index contributed by atoms with van der Waals surface area (Å²) in [6.45, 7) is 2.00. The SMILES string of the molecule is CC(Nc1cc(C#N)ccc1Cl)c1nccn1C. The molecule has 0 fully saturated rings. The Morgan fingerprint density at radius 3 is 2.89 bits per heavy atom. The number of aryl methyl sites for hydroxylation is 1. The molecule has 1 atom stereocenters. The molecule has 0 saturated carbocycles. The van der Waals surface area contributed by atoms with E-state index in [1.54, 1.807) is 24.4 Å². The van der Waals surface area contributed by atoms with Gasteiger partial charge in [-0.15, -0.1) is 0 Å². The Kier molecular flexibility index (Phi) is 3.54. The van der Waals surface area contributed by atoms with Gasteiger partial charge in [0.2, 0.25) is 0 Å². The Labute approximate surface area is 111 Å². The fourth-order valence-electron chi connectivity index (χ4n) is 1.80. The lowest BCUT2D eigenvalue weighted by atomic mass is 10.2. The van der Waals surface area contributed by atoms with Crippen molar-refractivity contribution in [3.05, 3.63) is 47.0 Å². The minimum absolute atomic E-state index is 0.0106. The highest BCUT2D eigenvalue weighted by molar-refractivity contribution is 6.33. The zero-order valence-electron chi connectivity index (χ0n) is 10.2. The fraction of sp³-hybridized carbons (Fsp3) is 0.231. The Bertz CT molecular complexity index is 597. The summed E-state index contributed by atoms with van der Waals surface area (Å²) in [5.41, 5.74) is 1.32. The molecule has 1 aromatic heterocycles. The second-order valence-corrected chi connectivity index (χ2v) is 4.48. The normalized spacial score (nSPS) is 11.9. The maximum absolute atomic E-state index is 8.88. The van der Waals surface area contributed by atoms with Crippen molar-refractivity contribution < 1.29 is 0 Å². The third kappa shape index (κ3) is 2.47. The monoisotopic (exact) mass is 260 g/mol. The van der Waals surface area contributed by atoms with Gasteiger partial charge in [-0.2, -0.15) is 5.26 Å². The maximum Gasteiger partial charge on any atom is 0.130 e. The number of hydrogen-bond acceptors (Lipinski definition) is 3. The average molecular weight is 261 g/mol. The molecule has 1 heterocycles. The van der Waals surface area contributed by atoms with Crippen LogP contribution in [0.4, 0.5) is 5.69 Å². The largest absolute Gasteiger partial charge is 0.374 e. The topological polar surface area (TPSA) is 53.6 Å². The molecule has 4 nitrogen and oxygen atoms in total. The summed E-state index contributed by atoms with van der Waals surface area (Å²) in [4.78, 5) is 4.28. The minimum atomic E-state index is 0.0106. The van der Waals surface area contributed by atoms with Crippen molar-refractivity contribution in [3.8, 4) is 6.07 Å². The molecule has 0 radical (unpaired) electrons. The third-order valence-electron chi connectivity index (χ3n) is 2.71. The van der Waals surface area contributed by atoms with Gasteiger partial charge in [-0.1, -0.05) is 11.6 Å². The fourth-order valence-corrected chi connectivity index (χ4v) is 1.97. The van der Waals surface area contributed by atoms with E-state index in [1.807, 2.05) is 24.7 Å². The maximum atomic E-state index is 8.88. The molecule has 0 spiro atoms. The molecular weight excluding hydrogens is 248 g/mol. The summed E-state index contributed by atoms with van der Waals surface area (Å²) < 4.78 is 1.94. The smallest absolute Gasteiger partial charge is 0.130 e. The predicted octanol–water partition coefficient (Wildman–Crippen LogP) is 3.12. The summed E-state index contributed by atoms with van der Waals surface area (Å²) in [5.74, 6) is 0.911. The number of anilines is 1. The molecule has 0 aliphatic heterocycles. The standard InChI is InChI=1S/C13H13ClN4/c1-9(13-16-5-6-18(13)2)17-12-7-10(8-15)3-4-11(12)14/h3-7,9,17H,1-2H3. The van der Waals surface area contributed by atoms with Crippen LogP contribution in [0.2, 0.25) is 5.02 Å². The molecular formula is C13H13ClN4. The Balaban J connectivity index is 2.24. The number of benzene rings is 1. The predicted molar refractivity (Wildman–Crippen MR) is 71.4 cm³/mol. The van der Waals surface area contributed by atoms with Crippen molar-refractivity contribution in [1.29, 1.82) is 5.26 Å². The van der Waals surface area contributed by atoms with Crippen LogP contribution >= 0.6 is 11.6 Å². The number of imidazole rings is 1. The first kappa shape index (κ1) is 12.5. The van der Waals surface area contributed by atoms with Crippen LogP contribution in [0.15, 0.2) is 30.6 Å². The zero-order chi connectivity index (χ0) is 13.1. The van der Waals surface area contributed by atoms with E-state index in [2.05, 4.69) is 16.4 Å². The highest BCUT2D eigenvalue weighted by Crippen LogP contribution is 2.26. The molecule has 0 aliphatic rings. The average Bonchev–Trinajstić information content (AvgIpc) is 2.78. The molecule has 1 aromatic carbocycles. The number of rotatable bonds is 3. The van der Waals surface area contributed by atoms with Gasteiger partial charge in [0.15, 0.2) is 0 Å². The first-order valence-electron chi connectivity index (χ1n) is 5.55. The molecule has 1 N–H and O–H groups in total. The van der Waals surface area contributed by atoms with E-state index in [4.69, 9.17) is 16.9 Å². The molecule has 92 valence electrons. The number of nitrogens with one attached hydrogen (secondary N) is 1. The van der Waals surface area contributed by atoms with Gasteiger partial charge in [-0.05, 0) is 25.1 Å². The second-order valence-electron chi connectivity index (χ2n) is 4.07. The lowest BCUT2D eigenvalue weighted by molar-refractivity contribution is 0.722. The Hall–Kier alpha value is -1.99. The van der Waals surface area contributed by atoms with Gasteiger partial charge < -0.3 is 9.88 Å². The third-order valence-corrected chi connectivity index (χ3v) is 3.04. The van der Waals surface area contributed by atoms with Gasteiger partial charge in [-0.3, -0.25) is 0 Å². The summed E-state index contributed by atoms with van der Waals surface area (Å²) >= 11 is 6.10. The summed E-state index contributed by atoms with van der Waals surface area (Å²) in [6, 6.07) is 7.25. The van der Waals surface area contributed by atoms with E-state index >= 15 is 0 Å². The quantitative estimate of drug-likeness (QED) is 0.923. The molecule has 0 aliphatic carbocycles. The highest BCUT2D eigenvalue weighted by atomic mass is 35.5. The highest BCUT2D eigenvalue weighted by Gasteiger charge is 2.12. The van der Waals surface area contributed by atoms with Crippen LogP contribution < -0.4 is 5.32 Å². The van der Waals surface area contributed by atoms with E-state index in [0.29, 0.717) is 10.6 Å². The van der Waals surface area contributed by atoms with Crippen LogP contribution in [0.25, 0.3) is 0 Å². The van der Waals surface area contributed by atoms with Crippen LogP contribution in [-0.2, 0) is 7.05 Å². The zero-order valence-corrected chi connectivity index (χ0v) is 10.9.